The van der Waals surface area contributed by atoms with Gasteiger partial charge in [-0.15, -0.1) is 0 Å². The van der Waals surface area contributed by atoms with Gasteiger partial charge in [0.1, 0.15) is 0 Å². The van der Waals surface area contributed by atoms with E-state index in [-0.39, 0.29) is 11.3 Å². The van der Waals surface area contributed by atoms with Crippen LogP contribution in [0.5, 0.6) is 0 Å². The first-order chi connectivity index (χ1) is 5.98. The minimum atomic E-state index is -0.323. The molecule has 1 radical (unpaired) electrons. The molecule has 13 heavy (non-hydrogen) atoms. The largest absolute Gasteiger partial charge is 0.356 e. The van der Waals surface area contributed by atoms with Gasteiger partial charge in [0, 0.05) is 18.4 Å². The average Bonchev–Trinajstić information content (AvgIpc) is 2.02. The Morgan fingerprint density at radius 1 is 1.31 bits per heavy atom. The summed E-state index contributed by atoms with van der Waals surface area (Å²) in [6, 6.07) is 0. The van der Waals surface area contributed by atoms with Crippen LogP contribution in [0.3, 0.4) is 0 Å². The standard InChI is InChI=1S/C10H18NO2/c1-10(2,3)9(13)11-7-5-4-6-8-12/h4-7H2,1-3H3,(H,11,13). The van der Waals surface area contributed by atoms with Crippen LogP contribution >= 0.6 is 0 Å². The van der Waals surface area contributed by atoms with E-state index in [1.165, 1.54) is 0 Å². The van der Waals surface area contributed by atoms with Crippen molar-refractivity contribution < 1.29 is 9.59 Å². The van der Waals surface area contributed by atoms with Gasteiger partial charge in [-0.25, -0.2) is 0 Å². The summed E-state index contributed by atoms with van der Waals surface area (Å²) in [5, 5.41) is 2.81. The lowest BCUT2D eigenvalue weighted by molar-refractivity contribution is -0.128. The molecule has 3 nitrogen and oxygen atoms in total. The Morgan fingerprint density at radius 3 is 2.38 bits per heavy atom. The molecule has 0 atom stereocenters. The van der Waals surface area contributed by atoms with E-state index in [4.69, 9.17) is 0 Å². The Hall–Kier alpha value is -0.860. The van der Waals surface area contributed by atoms with Crippen LogP contribution in [0.15, 0.2) is 0 Å². The van der Waals surface area contributed by atoms with Crippen molar-refractivity contribution >= 4 is 12.2 Å². The lowest BCUT2D eigenvalue weighted by Gasteiger charge is -2.17. The minimum Gasteiger partial charge on any atom is -0.356 e. The number of amides is 1. The number of rotatable bonds is 5. The van der Waals surface area contributed by atoms with Gasteiger partial charge in [0.25, 0.3) is 0 Å². The summed E-state index contributed by atoms with van der Waals surface area (Å²) in [6.07, 6.45) is 3.93. The maximum absolute atomic E-state index is 11.3. The molecule has 0 aromatic rings. The number of carbonyl (C=O) groups excluding carboxylic acids is 2. The van der Waals surface area contributed by atoms with Gasteiger partial charge < -0.3 is 5.32 Å². The van der Waals surface area contributed by atoms with E-state index in [1.807, 2.05) is 27.1 Å². The van der Waals surface area contributed by atoms with Gasteiger partial charge in [-0.2, -0.15) is 0 Å². The Kier molecular flexibility index (Phi) is 5.35. The van der Waals surface area contributed by atoms with Crippen molar-refractivity contribution in [2.24, 2.45) is 5.41 Å². The summed E-state index contributed by atoms with van der Waals surface area (Å²) < 4.78 is 0. The molecule has 0 rings (SSSR count). The van der Waals surface area contributed by atoms with Crippen molar-refractivity contribution in [3.63, 3.8) is 0 Å². The van der Waals surface area contributed by atoms with Gasteiger partial charge in [0.15, 0.2) is 6.29 Å². The highest BCUT2D eigenvalue weighted by atomic mass is 16.2. The first-order valence-electron chi connectivity index (χ1n) is 4.62. The second-order valence-corrected chi connectivity index (χ2v) is 4.11. The van der Waals surface area contributed by atoms with Crippen LogP contribution in [-0.2, 0) is 9.59 Å². The van der Waals surface area contributed by atoms with E-state index >= 15 is 0 Å². The molecule has 0 heterocycles. The van der Waals surface area contributed by atoms with Crippen LogP contribution in [0.2, 0.25) is 0 Å². The van der Waals surface area contributed by atoms with Crippen molar-refractivity contribution in [2.75, 3.05) is 6.54 Å². The topological polar surface area (TPSA) is 46.2 Å². The maximum Gasteiger partial charge on any atom is 0.225 e. The highest BCUT2D eigenvalue weighted by Crippen LogP contribution is 2.12. The van der Waals surface area contributed by atoms with E-state index in [2.05, 4.69) is 5.32 Å². The van der Waals surface area contributed by atoms with E-state index in [1.54, 1.807) is 0 Å². The molecule has 75 valence electrons. The van der Waals surface area contributed by atoms with E-state index in [0.29, 0.717) is 13.0 Å². The molecule has 1 amide bonds. The molecule has 0 aliphatic rings. The molecule has 0 aromatic carbocycles. The summed E-state index contributed by atoms with van der Waals surface area (Å²) in [4.78, 5) is 21.2. The van der Waals surface area contributed by atoms with Crippen LogP contribution in [-0.4, -0.2) is 18.7 Å². The van der Waals surface area contributed by atoms with Crippen molar-refractivity contribution in [1.29, 1.82) is 0 Å². The molecule has 0 aliphatic carbocycles. The molecule has 0 fully saturated rings. The molecule has 0 spiro atoms. The summed E-state index contributed by atoms with van der Waals surface area (Å²) in [5.41, 5.74) is -0.323. The fourth-order valence-electron chi connectivity index (χ4n) is 0.789. The lowest BCUT2D eigenvalue weighted by Crippen LogP contribution is -2.35. The number of nitrogens with one attached hydrogen (secondary N) is 1. The second-order valence-electron chi connectivity index (χ2n) is 4.11. The maximum atomic E-state index is 11.3. The molecule has 0 aliphatic heterocycles. The number of carbonyl (C=O) groups is 1. The summed E-state index contributed by atoms with van der Waals surface area (Å²) in [5.74, 6) is 0.0579. The molecule has 0 saturated heterocycles. The summed E-state index contributed by atoms with van der Waals surface area (Å²) >= 11 is 0. The van der Waals surface area contributed by atoms with Crippen LogP contribution in [0.1, 0.15) is 40.0 Å². The van der Waals surface area contributed by atoms with E-state index in [0.717, 1.165) is 12.8 Å². The Morgan fingerprint density at radius 2 is 1.92 bits per heavy atom. The summed E-state index contributed by atoms with van der Waals surface area (Å²) in [7, 11) is 0. The normalized spacial score (nSPS) is 11.0. The highest BCUT2D eigenvalue weighted by molar-refractivity contribution is 5.81. The SMILES string of the molecule is CC(C)(C)C(=O)NCCCC[C]=O. The zero-order valence-corrected chi connectivity index (χ0v) is 8.64. The Balaban J connectivity index is 3.43. The third kappa shape index (κ3) is 6.31. The first kappa shape index (κ1) is 12.1. The van der Waals surface area contributed by atoms with Gasteiger partial charge in [-0.3, -0.25) is 9.59 Å². The van der Waals surface area contributed by atoms with Gasteiger partial charge in [-0.05, 0) is 12.8 Å². The monoisotopic (exact) mass is 184 g/mol. The molecule has 0 aromatic heterocycles. The predicted octanol–water partition coefficient (Wildman–Crippen LogP) is 1.43. The van der Waals surface area contributed by atoms with E-state index in [9.17, 15) is 9.59 Å². The van der Waals surface area contributed by atoms with Gasteiger partial charge in [-0.1, -0.05) is 20.8 Å². The molecule has 1 N–H and O–H groups in total. The first-order valence-corrected chi connectivity index (χ1v) is 4.62. The molecule has 0 saturated carbocycles. The van der Waals surface area contributed by atoms with Crippen LogP contribution in [0.25, 0.3) is 0 Å². The van der Waals surface area contributed by atoms with Crippen LogP contribution in [0.4, 0.5) is 0 Å². The highest BCUT2D eigenvalue weighted by Gasteiger charge is 2.19. The Bertz CT molecular complexity index is 170. The minimum absolute atomic E-state index is 0.0579. The van der Waals surface area contributed by atoms with Crippen LogP contribution in [0, 0.1) is 5.41 Å². The zero-order chi connectivity index (χ0) is 10.3. The molecule has 0 bridgehead atoms. The van der Waals surface area contributed by atoms with Crippen molar-refractivity contribution in [3.8, 4) is 0 Å². The third-order valence-corrected chi connectivity index (χ3v) is 1.67. The number of hydrogen-bond donors (Lipinski definition) is 1. The van der Waals surface area contributed by atoms with Crippen molar-refractivity contribution in [2.45, 2.75) is 40.0 Å². The van der Waals surface area contributed by atoms with E-state index < -0.39 is 0 Å². The molecule has 0 unspecified atom stereocenters. The average molecular weight is 184 g/mol. The zero-order valence-electron chi connectivity index (χ0n) is 8.64. The third-order valence-electron chi connectivity index (χ3n) is 1.67. The van der Waals surface area contributed by atoms with Crippen molar-refractivity contribution in [3.05, 3.63) is 0 Å². The van der Waals surface area contributed by atoms with Crippen LogP contribution < -0.4 is 5.32 Å². The van der Waals surface area contributed by atoms with Gasteiger partial charge >= 0.3 is 0 Å². The fourth-order valence-corrected chi connectivity index (χ4v) is 0.789. The Labute approximate surface area is 79.9 Å². The predicted molar refractivity (Wildman–Crippen MR) is 52.0 cm³/mol. The fraction of sp³-hybridized carbons (Fsp3) is 0.800. The smallest absolute Gasteiger partial charge is 0.225 e. The molecular formula is C10H18NO2. The number of hydrogen-bond acceptors (Lipinski definition) is 2. The lowest BCUT2D eigenvalue weighted by atomic mass is 9.96. The molecular weight excluding hydrogens is 166 g/mol. The second kappa shape index (κ2) is 5.73. The van der Waals surface area contributed by atoms with Crippen molar-refractivity contribution in [1.82, 2.24) is 5.32 Å². The van der Waals surface area contributed by atoms with Gasteiger partial charge in [0.05, 0.1) is 0 Å². The molecule has 3 heteroatoms. The summed E-state index contributed by atoms with van der Waals surface area (Å²) in [6.45, 7) is 6.28. The van der Waals surface area contributed by atoms with Gasteiger partial charge in [0.2, 0.25) is 5.91 Å². The number of unbranched alkanes of at least 4 members (excludes halogenated alkanes) is 2. The quantitative estimate of drug-likeness (QED) is 0.657.